The van der Waals surface area contributed by atoms with Crippen molar-refractivity contribution in [3.63, 3.8) is 0 Å². The molecule has 2 aromatic rings. The summed E-state index contributed by atoms with van der Waals surface area (Å²) in [5.74, 6) is 0. The number of fused-ring (bicyclic) bond motifs is 14. The van der Waals surface area contributed by atoms with Crippen molar-refractivity contribution in [2.75, 3.05) is 0 Å². The van der Waals surface area contributed by atoms with Gasteiger partial charge < -0.3 is 9.47 Å². The highest BCUT2D eigenvalue weighted by Gasteiger charge is 2.39. The zero-order valence-corrected chi connectivity index (χ0v) is 11.7. The number of hydrogen-bond donors (Lipinski definition) is 0. The van der Waals surface area contributed by atoms with Gasteiger partial charge in [0.25, 0.3) is 0 Å². The number of benzene rings is 2. The monoisotopic (exact) mass is 284 g/mol. The molecule has 5 aliphatic rings. The van der Waals surface area contributed by atoms with Crippen molar-refractivity contribution >= 4 is 0 Å². The van der Waals surface area contributed by atoms with Crippen molar-refractivity contribution in [1.29, 1.82) is 0 Å². The van der Waals surface area contributed by atoms with Crippen LogP contribution >= 0.6 is 0 Å². The smallest absolute Gasteiger partial charge is 0.102 e. The summed E-state index contributed by atoms with van der Waals surface area (Å²) < 4.78 is 11.9. The Morgan fingerprint density at radius 1 is 0.455 bits per heavy atom. The molecule has 4 bridgehead atoms. The molecule has 1 aliphatic carbocycles. The van der Waals surface area contributed by atoms with Crippen LogP contribution in [0, 0.1) is 0 Å². The van der Waals surface area contributed by atoms with Crippen LogP contribution < -0.4 is 0 Å². The first-order valence-electron chi connectivity index (χ1n) is 7.91. The molecule has 4 aliphatic heterocycles. The van der Waals surface area contributed by atoms with E-state index in [9.17, 15) is 0 Å². The predicted molar refractivity (Wildman–Crippen MR) is 82.3 cm³/mol. The van der Waals surface area contributed by atoms with Gasteiger partial charge >= 0.3 is 0 Å². The van der Waals surface area contributed by atoms with E-state index in [4.69, 9.17) is 9.47 Å². The lowest BCUT2D eigenvalue weighted by atomic mass is 9.74. The zero-order valence-electron chi connectivity index (χ0n) is 11.7. The Balaban J connectivity index is 1.46. The van der Waals surface area contributed by atoms with Gasteiger partial charge in [0, 0.05) is 0 Å². The molecule has 4 unspecified atom stereocenters. The summed E-state index contributed by atoms with van der Waals surface area (Å²) in [5.41, 5.74) is 11.0. The van der Waals surface area contributed by atoms with E-state index in [0.717, 1.165) is 0 Å². The van der Waals surface area contributed by atoms with Crippen molar-refractivity contribution in [3.05, 3.63) is 70.8 Å². The Bertz CT molecular complexity index is 798. The second-order valence-electron chi connectivity index (χ2n) is 6.78. The molecule has 0 spiro atoms. The van der Waals surface area contributed by atoms with Crippen molar-refractivity contribution < 1.29 is 9.47 Å². The van der Waals surface area contributed by atoms with E-state index in [2.05, 4.69) is 48.6 Å². The molecule has 0 radical (unpaired) electrons. The molecule has 2 heteroatoms. The molecule has 104 valence electrons. The van der Waals surface area contributed by atoms with Gasteiger partial charge in [0.05, 0.1) is 0 Å². The summed E-state index contributed by atoms with van der Waals surface area (Å²) >= 11 is 0. The van der Waals surface area contributed by atoms with Crippen molar-refractivity contribution in [1.82, 2.24) is 0 Å². The van der Waals surface area contributed by atoms with Crippen LogP contribution in [-0.4, -0.2) is 0 Å². The Kier molecular flexibility index (Phi) is 1.50. The third-order valence-corrected chi connectivity index (χ3v) is 5.76. The molecule has 0 fully saturated rings. The number of rotatable bonds is 0. The van der Waals surface area contributed by atoms with Gasteiger partial charge in [-0.05, 0) is 68.8 Å². The topological polar surface area (TPSA) is 18.5 Å². The Labute approximate surface area is 127 Å². The minimum atomic E-state index is 0.172. The second-order valence-corrected chi connectivity index (χ2v) is 6.78. The summed E-state index contributed by atoms with van der Waals surface area (Å²) in [5, 5.41) is 0. The average Bonchev–Trinajstić information content (AvgIpc) is 3.30. The summed E-state index contributed by atoms with van der Waals surface area (Å²) in [4.78, 5) is 0. The lowest BCUT2D eigenvalue weighted by Gasteiger charge is -2.28. The highest BCUT2D eigenvalue weighted by molar-refractivity contribution is 6.04. The highest BCUT2D eigenvalue weighted by Crippen LogP contribution is 2.57. The normalized spacial score (nSPS) is 32.7. The van der Waals surface area contributed by atoms with E-state index >= 15 is 0 Å². The lowest BCUT2D eigenvalue weighted by Crippen LogP contribution is -2.06. The van der Waals surface area contributed by atoms with Gasteiger partial charge in [-0.15, -0.1) is 0 Å². The fraction of sp³-hybridized carbons (Fsp3) is 0.200. The van der Waals surface area contributed by atoms with Gasteiger partial charge in [-0.1, -0.05) is 24.3 Å². The third-order valence-electron chi connectivity index (χ3n) is 5.76. The van der Waals surface area contributed by atoms with Gasteiger partial charge in [-0.3, -0.25) is 0 Å². The molecular formula is C20H12O2. The van der Waals surface area contributed by atoms with E-state index in [1.54, 1.807) is 0 Å². The summed E-state index contributed by atoms with van der Waals surface area (Å²) in [6.45, 7) is 0. The average molecular weight is 284 g/mol. The molecule has 2 aromatic carbocycles. The van der Waals surface area contributed by atoms with Crippen LogP contribution in [0.1, 0.15) is 46.7 Å². The predicted octanol–water partition coefficient (Wildman–Crippen LogP) is 4.70. The lowest BCUT2D eigenvalue weighted by molar-refractivity contribution is 0.0877. The molecule has 4 heterocycles. The minimum Gasteiger partial charge on any atom is -0.357 e. The summed E-state index contributed by atoms with van der Waals surface area (Å²) in [6, 6.07) is 9.38. The zero-order chi connectivity index (χ0) is 14.0. The SMILES string of the molecule is C1=CC2OC1c1cc3c(cc12)-c1cc2c(cc1-3)C1C=CC2O1. The molecule has 2 nitrogen and oxygen atoms in total. The maximum atomic E-state index is 5.96. The Hall–Kier alpha value is -2.16. The Morgan fingerprint density at radius 2 is 0.727 bits per heavy atom. The number of hydrogen-bond acceptors (Lipinski definition) is 2. The molecule has 0 aromatic heterocycles. The van der Waals surface area contributed by atoms with Crippen LogP contribution in [0.25, 0.3) is 22.3 Å². The van der Waals surface area contributed by atoms with E-state index in [1.807, 2.05) is 0 Å². The fourth-order valence-corrected chi connectivity index (χ4v) is 4.69. The van der Waals surface area contributed by atoms with Crippen molar-refractivity contribution in [2.45, 2.75) is 24.4 Å². The van der Waals surface area contributed by atoms with Crippen LogP contribution in [0.2, 0.25) is 0 Å². The van der Waals surface area contributed by atoms with Gasteiger partial charge in [0.2, 0.25) is 0 Å². The first-order valence-corrected chi connectivity index (χ1v) is 7.91. The summed E-state index contributed by atoms with van der Waals surface area (Å²) in [6.07, 6.45) is 9.41. The van der Waals surface area contributed by atoms with Gasteiger partial charge in [-0.2, -0.15) is 0 Å². The first kappa shape index (κ1) is 10.5. The Morgan fingerprint density at radius 3 is 1.00 bits per heavy atom. The van der Waals surface area contributed by atoms with Gasteiger partial charge in [-0.25, -0.2) is 0 Å². The van der Waals surface area contributed by atoms with Crippen LogP contribution in [0.5, 0.6) is 0 Å². The third kappa shape index (κ3) is 0.980. The molecule has 4 atom stereocenters. The van der Waals surface area contributed by atoms with Crippen LogP contribution in [0.4, 0.5) is 0 Å². The fourth-order valence-electron chi connectivity index (χ4n) is 4.69. The van der Waals surface area contributed by atoms with E-state index < -0.39 is 0 Å². The maximum Gasteiger partial charge on any atom is 0.102 e. The van der Waals surface area contributed by atoms with Crippen LogP contribution in [-0.2, 0) is 9.47 Å². The van der Waals surface area contributed by atoms with E-state index in [0.29, 0.717) is 0 Å². The standard InChI is InChI=1S/C20H12O2/c1-2-18-14-6-10-9(5-13(14)17(1)21-18)11-7-15-16(8-12(10)11)20-4-3-19(15)22-20/h1-8,17-20H. The molecular weight excluding hydrogens is 272 g/mol. The summed E-state index contributed by atoms with van der Waals surface area (Å²) in [7, 11) is 0. The molecule has 22 heavy (non-hydrogen) atoms. The van der Waals surface area contributed by atoms with Gasteiger partial charge in [0.15, 0.2) is 0 Å². The van der Waals surface area contributed by atoms with E-state index in [-0.39, 0.29) is 24.4 Å². The maximum absolute atomic E-state index is 5.96. The van der Waals surface area contributed by atoms with Gasteiger partial charge in [0.1, 0.15) is 24.4 Å². The molecule has 0 saturated carbocycles. The van der Waals surface area contributed by atoms with Crippen molar-refractivity contribution in [3.8, 4) is 22.3 Å². The first-order chi connectivity index (χ1) is 10.9. The highest BCUT2D eigenvalue weighted by atomic mass is 16.5. The molecule has 7 rings (SSSR count). The number of ether oxygens (including phenoxy) is 2. The molecule has 0 amide bonds. The van der Waals surface area contributed by atoms with Crippen LogP contribution in [0.3, 0.4) is 0 Å². The van der Waals surface area contributed by atoms with Crippen LogP contribution in [0.15, 0.2) is 48.6 Å². The second kappa shape index (κ2) is 3.12. The quantitative estimate of drug-likeness (QED) is 0.557. The van der Waals surface area contributed by atoms with E-state index in [1.165, 1.54) is 44.5 Å². The van der Waals surface area contributed by atoms with Crippen molar-refractivity contribution in [2.24, 2.45) is 0 Å². The largest absolute Gasteiger partial charge is 0.357 e. The molecule has 0 saturated heterocycles. The molecule has 0 N–H and O–H groups in total. The minimum absolute atomic E-state index is 0.172.